The molecular formula is C19H20N6OS. The minimum atomic E-state index is -0.0509. The van der Waals surface area contributed by atoms with E-state index in [1.807, 2.05) is 42.4 Å². The SMILES string of the molecule is Cc1cc(C(=O)N(C)Cc2cnn(C)c2)c2cnn(Cc3cccs3)c2n1. The Morgan fingerprint density at radius 2 is 2.15 bits per heavy atom. The number of aromatic nitrogens is 5. The summed E-state index contributed by atoms with van der Waals surface area (Å²) in [7, 11) is 3.66. The van der Waals surface area contributed by atoms with Gasteiger partial charge in [-0.25, -0.2) is 9.67 Å². The molecule has 4 aromatic heterocycles. The normalized spacial score (nSPS) is 11.2. The average Bonchev–Trinajstić information content (AvgIpc) is 3.37. The van der Waals surface area contributed by atoms with Gasteiger partial charge in [0.2, 0.25) is 0 Å². The Hall–Kier alpha value is -3.00. The first-order valence-electron chi connectivity index (χ1n) is 8.60. The standard InChI is InChI=1S/C19H20N6OS/c1-13-7-16(19(26)23(2)10-14-8-20-24(3)11-14)17-9-21-25(18(17)22-13)12-15-5-4-6-27-15/h4-9,11H,10,12H2,1-3H3. The van der Waals surface area contributed by atoms with Crippen molar-refractivity contribution in [2.45, 2.75) is 20.0 Å². The molecule has 0 aromatic carbocycles. The first-order valence-corrected chi connectivity index (χ1v) is 9.48. The molecule has 7 nitrogen and oxygen atoms in total. The molecule has 0 unspecified atom stereocenters. The van der Waals surface area contributed by atoms with Crippen LogP contribution in [0.1, 0.15) is 26.5 Å². The van der Waals surface area contributed by atoms with Crippen molar-refractivity contribution < 1.29 is 4.79 Å². The van der Waals surface area contributed by atoms with Crippen molar-refractivity contribution in [3.05, 3.63) is 63.9 Å². The van der Waals surface area contributed by atoms with E-state index in [-0.39, 0.29) is 5.91 Å². The number of nitrogens with zero attached hydrogens (tertiary/aromatic N) is 6. The maximum Gasteiger partial charge on any atom is 0.254 e. The summed E-state index contributed by atoms with van der Waals surface area (Å²) in [5, 5.41) is 11.5. The van der Waals surface area contributed by atoms with E-state index < -0.39 is 0 Å². The Labute approximate surface area is 160 Å². The van der Waals surface area contributed by atoms with Gasteiger partial charge >= 0.3 is 0 Å². The molecule has 0 aliphatic heterocycles. The minimum absolute atomic E-state index is 0.0509. The summed E-state index contributed by atoms with van der Waals surface area (Å²) >= 11 is 1.68. The number of hydrogen-bond acceptors (Lipinski definition) is 5. The van der Waals surface area contributed by atoms with Gasteiger partial charge in [-0.3, -0.25) is 9.48 Å². The molecule has 0 spiro atoms. The molecule has 0 aliphatic carbocycles. The van der Waals surface area contributed by atoms with Crippen LogP contribution >= 0.6 is 11.3 Å². The number of thiophene rings is 1. The smallest absolute Gasteiger partial charge is 0.254 e. The molecule has 0 saturated heterocycles. The second-order valence-corrected chi connectivity index (χ2v) is 7.65. The van der Waals surface area contributed by atoms with Crippen LogP contribution in [0, 0.1) is 6.92 Å². The molecule has 4 aromatic rings. The van der Waals surface area contributed by atoms with Crippen LogP contribution in [0.25, 0.3) is 11.0 Å². The van der Waals surface area contributed by atoms with E-state index >= 15 is 0 Å². The second-order valence-electron chi connectivity index (χ2n) is 6.61. The van der Waals surface area contributed by atoms with E-state index in [0.29, 0.717) is 18.7 Å². The molecule has 1 amide bonds. The molecule has 4 rings (SSSR count). The summed E-state index contributed by atoms with van der Waals surface area (Å²) in [4.78, 5) is 20.6. The number of carbonyl (C=O) groups is 1. The monoisotopic (exact) mass is 380 g/mol. The molecule has 0 bridgehead atoms. The fourth-order valence-electron chi connectivity index (χ4n) is 3.12. The largest absolute Gasteiger partial charge is 0.337 e. The predicted molar refractivity (Wildman–Crippen MR) is 105 cm³/mol. The summed E-state index contributed by atoms with van der Waals surface area (Å²) in [6.07, 6.45) is 5.42. The van der Waals surface area contributed by atoms with E-state index in [2.05, 4.69) is 21.2 Å². The molecule has 138 valence electrons. The Morgan fingerprint density at radius 1 is 1.30 bits per heavy atom. The highest BCUT2D eigenvalue weighted by Gasteiger charge is 2.19. The van der Waals surface area contributed by atoms with Crippen LogP contribution in [-0.2, 0) is 20.1 Å². The Balaban J connectivity index is 1.66. The zero-order valence-electron chi connectivity index (χ0n) is 15.5. The number of carbonyl (C=O) groups excluding carboxylic acids is 1. The van der Waals surface area contributed by atoms with Gasteiger partial charge in [-0.15, -0.1) is 11.3 Å². The Kier molecular flexibility index (Phi) is 4.49. The third kappa shape index (κ3) is 3.48. The number of amides is 1. The van der Waals surface area contributed by atoms with Gasteiger partial charge in [0, 0.05) is 43.0 Å². The van der Waals surface area contributed by atoms with Crippen molar-refractivity contribution >= 4 is 28.3 Å². The topological polar surface area (TPSA) is 68.8 Å². The van der Waals surface area contributed by atoms with E-state index in [0.717, 1.165) is 22.3 Å². The number of fused-ring (bicyclic) bond motifs is 1. The summed E-state index contributed by atoms with van der Waals surface area (Å²) in [5.41, 5.74) is 3.15. The lowest BCUT2D eigenvalue weighted by molar-refractivity contribution is 0.0787. The fourth-order valence-corrected chi connectivity index (χ4v) is 3.81. The van der Waals surface area contributed by atoms with Crippen LogP contribution in [0.4, 0.5) is 0 Å². The first-order chi connectivity index (χ1) is 13.0. The van der Waals surface area contributed by atoms with Crippen molar-refractivity contribution in [2.24, 2.45) is 7.05 Å². The minimum Gasteiger partial charge on any atom is -0.337 e. The highest BCUT2D eigenvalue weighted by molar-refractivity contribution is 7.09. The van der Waals surface area contributed by atoms with E-state index in [4.69, 9.17) is 0 Å². The van der Waals surface area contributed by atoms with Gasteiger partial charge in [-0.05, 0) is 24.4 Å². The molecule has 0 fully saturated rings. The average molecular weight is 380 g/mol. The summed E-state index contributed by atoms with van der Waals surface area (Å²) in [6, 6.07) is 5.93. The summed E-state index contributed by atoms with van der Waals surface area (Å²) < 4.78 is 3.59. The van der Waals surface area contributed by atoms with Crippen LogP contribution in [0.2, 0.25) is 0 Å². The summed E-state index contributed by atoms with van der Waals surface area (Å²) in [6.45, 7) is 3.05. The Bertz CT molecular complexity index is 1100. The van der Waals surface area contributed by atoms with Crippen LogP contribution < -0.4 is 0 Å². The van der Waals surface area contributed by atoms with Gasteiger partial charge < -0.3 is 4.90 Å². The zero-order chi connectivity index (χ0) is 19.0. The van der Waals surface area contributed by atoms with Crippen LogP contribution in [0.3, 0.4) is 0 Å². The lowest BCUT2D eigenvalue weighted by Gasteiger charge is -2.17. The first kappa shape index (κ1) is 17.4. The number of aryl methyl sites for hydroxylation is 2. The fraction of sp³-hybridized carbons (Fsp3) is 0.263. The van der Waals surface area contributed by atoms with Crippen molar-refractivity contribution in [1.29, 1.82) is 0 Å². The van der Waals surface area contributed by atoms with Crippen LogP contribution in [-0.4, -0.2) is 42.4 Å². The Morgan fingerprint density at radius 3 is 2.85 bits per heavy atom. The molecule has 4 heterocycles. The van der Waals surface area contributed by atoms with Crippen molar-refractivity contribution in [1.82, 2.24) is 29.4 Å². The molecule has 0 saturated carbocycles. The van der Waals surface area contributed by atoms with Crippen molar-refractivity contribution in [3.63, 3.8) is 0 Å². The molecule has 8 heteroatoms. The number of rotatable bonds is 5. The van der Waals surface area contributed by atoms with Crippen LogP contribution in [0.5, 0.6) is 0 Å². The van der Waals surface area contributed by atoms with Gasteiger partial charge in [-0.1, -0.05) is 6.07 Å². The van der Waals surface area contributed by atoms with Crippen LogP contribution in [0.15, 0.2) is 42.2 Å². The third-order valence-electron chi connectivity index (χ3n) is 4.38. The summed E-state index contributed by atoms with van der Waals surface area (Å²) in [5.74, 6) is -0.0509. The maximum absolute atomic E-state index is 13.1. The van der Waals surface area contributed by atoms with Gasteiger partial charge in [0.05, 0.1) is 29.9 Å². The second kappa shape index (κ2) is 6.96. The molecule has 0 N–H and O–H groups in total. The van der Waals surface area contributed by atoms with E-state index in [1.54, 1.807) is 40.4 Å². The highest BCUT2D eigenvalue weighted by Crippen LogP contribution is 2.22. The molecule has 27 heavy (non-hydrogen) atoms. The molecular weight excluding hydrogens is 360 g/mol. The van der Waals surface area contributed by atoms with E-state index in [9.17, 15) is 4.79 Å². The molecule has 0 radical (unpaired) electrons. The lowest BCUT2D eigenvalue weighted by atomic mass is 10.1. The van der Waals surface area contributed by atoms with Gasteiger partial charge in [-0.2, -0.15) is 10.2 Å². The number of hydrogen-bond donors (Lipinski definition) is 0. The highest BCUT2D eigenvalue weighted by atomic mass is 32.1. The third-order valence-corrected chi connectivity index (χ3v) is 5.24. The lowest BCUT2D eigenvalue weighted by Crippen LogP contribution is -2.26. The van der Waals surface area contributed by atoms with Gasteiger partial charge in [0.15, 0.2) is 5.65 Å². The quantitative estimate of drug-likeness (QED) is 0.534. The molecule has 0 atom stereocenters. The van der Waals surface area contributed by atoms with Gasteiger partial charge in [0.1, 0.15) is 0 Å². The molecule has 0 aliphatic rings. The van der Waals surface area contributed by atoms with Gasteiger partial charge in [0.25, 0.3) is 5.91 Å². The predicted octanol–water partition coefficient (Wildman–Crippen LogP) is 2.86. The van der Waals surface area contributed by atoms with E-state index in [1.165, 1.54) is 4.88 Å². The maximum atomic E-state index is 13.1. The van der Waals surface area contributed by atoms with Crippen molar-refractivity contribution in [2.75, 3.05) is 7.05 Å². The zero-order valence-corrected chi connectivity index (χ0v) is 16.3. The van der Waals surface area contributed by atoms with Crippen molar-refractivity contribution in [3.8, 4) is 0 Å². The number of pyridine rings is 1.